The molecule has 0 fully saturated rings. The molecule has 0 aliphatic rings. The third-order valence-electron chi connectivity index (χ3n) is 2.41. The number of anilines is 1. The number of fused-ring (bicyclic) bond motifs is 1. The van der Waals surface area contributed by atoms with E-state index in [1.807, 2.05) is 12.1 Å². The van der Waals surface area contributed by atoms with Gasteiger partial charge in [-0.25, -0.2) is 4.98 Å². The molecule has 2 nitrogen and oxygen atoms in total. The fourth-order valence-corrected chi connectivity index (χ4v) is 2.05. The van der Waals surface area contributed by atoms with E-state index in [2.05, 4.69) is 40.0 Å². The number of hydrogen-bond donors (Lipinski definition) is 1. The summed E-state index contributed by atoms with van der Waals surface area (Å²) >= 11 is 3.46. The lowest BCUT2D eigenvalue weighted by molar-refractivity contribution is 0.921. The molecule has 0 saturated heterocycles. The van der Waals surface area contributed by atoms with E-state index in [0.29, 0.717) is 5.82 Å². The highest BCUT2D eigenvalue weighted by Gasteiger charge is 2.03. The van der Waals surface area contributed by atoms with Crippen molar-refractivity contribution >= 4 is 32.7 Å². The third kappa shape index (κ3) is 2.12. The van der Waals surface area contributed by atoms with Crippen LogP contribution in [0, 0.1) is 0 Å². The van der Waals surface area contributed by atoms with Crippen molar-refractivity contribution < 1.29 is 0 Å². The minimum Gasteiger partial charge on any atom is -0.383 e. The zero-order valence-electron chi connectivity index (χ0n) is 8.63. The summed E-state index contributed by atoms with van der Waals surface area (Å²) in [4.78, 5) is 4.39. The van der Waals surface area contributed by atoms with Crippen LogP contribution in [0.15, 0.2) is 28.7 Å². The van der Waals surface area contributed by atoms with Gasteiger partial charge in [-0.05, 0) is 36.2 Å². The van der Waals surface area contributed by atoms with Crippen LogP contribution in [-0.4, -0.2) is 4.98 Å². The van der Waals surface area contributed by atoms with Gasteiger partial charge in [0.05, 0.1) is 5.52 Å². The van der Waals surface area contributed by atoms with Crippen LogP contribution in [0.25, 0.3) is 10.9 Å². The maximum Gasteiger partial charge on any atom is 0.127 e. The van der Waals surface area contributed by atoms with Gasteiger partial charge in [0.15, 0.2) is 0 Å². The van der Waals surface area contributed by atoms with Crippen LogP contribution in [0.1, 0.15) is 18.9 Å². The predicted molar refractivity (Wildman–Crippen MR) is 67.9 cm³/mol. The number of nitrogens with zero attached hydrogens (tertiary/aromatic N) is 1. The van der Waals surface area contributed by atoms with Gasteiger partial charge in [-0.2, -0.15) is 0 Å². The Morgan fingerprint density at radius 1 is 1.33 bits per heavy atom. The van der Waals surface area contributed by atoms with Gasteiger partial charge in [0.1, 0.15) is 5.82 Å². The number of hydrogen-bond acceptors (Lipinski definition) is 2. The SMILES string of the molecule is CCCc1cc2cc(Br)ccc2nc1N. The van der Waals surface area contributed by atoms with E-state index in [9.17, 15) is 0 Å². The number of aromatic nitrogens is 1. The summed E-state index contributed by atoms with van der Waals surface area (Å²) in [6, 6.07) is 8.16. The highest BCUT2D eigenvalue weighted by molar-refractivity contribution is 9.10. The van der Waals surface area contributed by atoms with Gasteiger partial charge < -0.3 is 5.73 Å². The first-order valence-corrected chi connectivity index (χ1v) is 5.84. The Hall–Kier alpha value is -1.09. The van der Waals surface area contributed by atoms with Crippen molar-refractivity contribution in [3.8, 4) is 0 Å². The molecule has 0 saturated carbocycles. The second-order valence-electron chi connectivity index (χ2n) is 3.62. The van der Waals surface area contributed by atoms with Crippen LogP contribution in [0.4, 0.5) is 5.82 Å². The molecule has 1 aromatic carbocycles. The van der Waals surface area contributed by atoms with Crippen LogP contribution < -0.4 is 5.73 Å². The second kappa shape index (κ2) is 4.19. The topological polar surface area (TPSA) is 38.9 Å². The summed E-state index contributed by atoms with van der Waals surface area (Å²) in [5.74, 6) is 0.659. The Morgan fingerprint density at radius 2 is 2.13 bits per heavy atom. The van der Waals surface area contributed by atoms with Gasteiger partial charge in [-0.3, -0.25) is 0 Å². The van der Waals surface area contributed by atoms with E-state index in [1.54, 1.807) is 0 Å². The Bertz CT molecular complexity index is 494. The van der Waals surface area contributed by atoms with Crippen molar-refractivity contribution in [1.82, 2.24) is 4.98 Å². The van der Waals surface area contributed by atoms with E-state index in [1.165, 1.54) is 0 Å². The van der Waals surface area contributed by atoms with E-state index in [4.69, 9.17) is 5.73 Å². The molecule has 0 aliphatic heterocycles. The standard InChI is InChI=1S/C12H13BrN2/c1-2-3-8-6-9-7-10(13)4-5-11(9)15-12(8)14/h4-7H,2-3H2,1H3,(H2,14,15). The van der Waals surface area contributed by atoms with Crippen molar-refractivity contribution in [2.75, 3.05) is 5.73 Å². The third-order valence-corrected chi connectivity index (χ3v) is 2.90. The molecule has 2 rings (SSSR count). The molecule has 0 aliphatic carbocycles. The van der Waals surface area contributed by atoms with E-state index >= 15 is 0 Å². The van der Waals surface area contributed by atoms with Crippen molar-refractivity contribution in [3.05, 3.63) is 34.3 Å². The molecular weight excluding hydrogens is 252 g/mol. The van der Waals surface area contributed by atoms with Gasteiger partial charge >= 0.3 is 0 Å². The van der Waals surface area contributed by atoms with Crippen LogP contribution in [-0.2, 0) is 6.42 Å². The molecule has 1 heterocycles. The van der Waals surface area contributed by atoms with Crippen molar-refractivity contribution in [2.45, 2.75) is 19.8 Å². The van der Waals surface area contributed by atoms with Gasteiger partial charge in [0, 0.05) is 9.86 Å². The maximum absolute atomic E-state index is 5.89. The average molecular weight is 265 g/mol. The van der Waals surface area contributed by atoms with Crippen LogP contribution in [0.5, 0.6) is 0 Å². The predicted octanol–water partition coefficient (Wildman–Crippen LogP) is 3.53. The molecule has 2 N–H and O–H groups in total. The zero-order chi connectivity index (χ0) is 10.8. The Morgan fingerprint density at radius 3 is 2.87 bits per heavy atom. The van der Waals surface area contributed by atoms with Crippen molar-refractivity contribution in [2.24, 2.45) is 0 Å². The zero-order valence-corrected chi connectivity index (χ0v) is 10.2. The monoisotopic (exact) mass is 264 g/mol. The molecule has 3 heteroatoms. The summed E-state index contributed by atoms with van der Waals surface area (Å²) in [5.41, 5.74) is 7.98. The normalized spacial score (nSPS) is 10.8. The molecule has 78 valence electrons. The number of aryl methyl sites for hydroxylation is 1. The van der Waals surface area contributed by atoms with E-state index < -0.39 is 0 Å². The first kappa shape index (κ1) is 10.4. The molecule has 0 spiro atoms. The number of pyridine rings is 1. The molecule has 0 unspecified atom stereocenters. The van der Waals surface area contributed by atoms with E-state index in [-0.39, 0.29) is 0 Å². The van der Waals surface area contributed by atoms with E-state index in [0.717, 1.165) is 33.8 Å². The fraction of sp³-hybridized carbons (Fsp3) is 0.250. The average Bonchev–Trinajstić information content (AvgIpc) is 2.20. The van der Waals surface area contributed by atoms with Crippen molar-refractivity contribution in [3.63, 3.8) is 0 Å². The molecular formula is C12H13BrN2. The molecule has 0 amide bonds. The summed E-state index contributed by atoms with van der Waals surface area (Å²) in [5, 5.41) is 1.14. The molecule has 2 aromatic rings. The van der Waals surface area contributed by atoms with Gasteiger partial charge in [0.2, 0.25) is 0 Å². The van der Waals surface area contributed by atoms with Crippen LogP contribution in [0.2, 0.25) is 0 Å². The lowest BCUT2D eigenvalue weighted by Crippen LogP contribution is -1.98. The minimum atomic E-state index is 0.659. The Kier molecular flexibility index (Phi) is 2.91. The first-order chi connectivity index (χ1) is 7.20. The van der Waals surface area contributed by atoms with Gasteiger partial charge in [0.25, 0.3) is 0 Å². The number of benzene rings is 1. The smallest absolute Gasteiger partial charge is 0.127 e. The Balaban J connectivity index is 2.61. The highest BCUT2D eigenvalue weighted by atomic mass is 79.9. The molecule has 0 radical (unpaired) electrons. The minimum absolute atomic E-state index is 0.659. The number of nitrogen functional groups attached to an aromatic ring is 1. The summed E-state index contributed by atoms with van der Waals surface area (Å²) in [6.45, 7) is 2.14. The second-order valence-corrected chi connectivity index (χ2v) is 4.54. The van der Waals surface area contributed by atoms with Crippen molar-refractivity contribution in [1.29, 1.82) is 0 Å². The van der Waals surface area contributed by atoms with Gasteiger partial charge in [-0.15, -0.1) is 0 Å². The number of halogens is 1. The number of rotatable bonds is 2. The lowest BCUT2D eigenvalue weighted by Gasteiger charge is -2.06. The number of nitrogens with two attached hydrogens (primary N) is 1. The van der Waals surface area contributed by atoms with Crippen LogP contribution >= 0.6 is 15.9 Å². The Labute approximate surface area is 97.6 Å². The highest BCUT2D eigenvalue weighted by Crippen LogP contribution is 2.22. The first-order valence-electron chi connectivity index (χ1n) is 5.05. The fourth-order valence-electron chi connectivity index (χ4n) is 1.68. The maximum atomic E-state index is 5.89. The summed E-state index contributed by atoms with van der Waals surface area (Å²) < 4.78 is 1.07. The summed E-state index contributed by atoms with van der Waals surface area (Å²) in [7, 11) is 0. The molecule has 1 aromatic heterocycles. The lowest BCUT2D eigenvalue weighted by atomic mass is 10.1. The quantitative estimate of drug-likeness (QED) is 0.902. The largest absolute Gasteiger partial charge is 0.383 e. The molecule has 15 heavy (non-hydrogen) atoms. The summed E-state index contributed by atoms with van der Waals surface area (Å²) in [6.07, 6.45) is 2.08. The molecule has 0 bridgehead atoms. The van der Waals surface area contributed by atoms with Gasteiger partial charge in [-0.1, -0.05) is 29.3 Å². The van der Waals surface area contributed by atoms with Crippen LogP contribution in [0.3, 0.4) is 0 Å². The molecule has 0 atom stereocenters.